The first-order valence-corrected chi connectivity index (χ1v) is 7.38. The molecule has 1 saturated heterocycles. The van der Waals surface area contributed by atoms with E-state index in [0.717, 1.165) is 32.5 Å². The number of aromatic nitrogens is 1. The zero-order valence-corrected chi connectivity index (χ0v) is 12.7. The Kier molecular flexibility index (Phi) is 4.76. The van der Waals surface area contributed by atoms with Crippen LogP contribution in [0.4, 0.5) is 0 Å². The molecule has 1 N–H and O–H groups in total. The quantitative estimate of drug-likeness (QED) is 0.920. The number of rotatable bonds is 3. The molecule has 4 nitrogen and oxygen atoms in total. The second-order valence-electron chi connectivity index (χ2n) is 6.55. The molecular weight excluding hydrogens is 250 g/mol. The van der Waals surface area contributed by atoms with Crippen molar-refractivity contribution in [1.82, 2.24) is 15.2 Å². The van der Waals surface area contributed by atoms with E-state index in [-0.39, 0.29) is 11.3 Å². The predicted octanol–water partition coefficient (Wildman–Crippen LogP) is 2.21. The van der Waals surface area contributed by atoms with E-state index in [2.05, 4.69) is 10.3 Å². The molecule has 0 atom stereocenters. The van der Waals surface area contributed by atoms with Gasteiger partial charge in [-0.1, -0.05) is 20.8 Å². The first-order valence-electron chi connectivity index (χ1n) is 7.38. The Balaban J connectivity index is 1.76. The van der Waals surface area contributed by atoms with Crippen LogP contribution in [0.3, 0.4) is 0 Å². The number of carbonyl (C=O) groups is 1. The van der Waals surface area contributed by atoms with Gasteiger partial charge in [-0.15, -0.1) is 0 Å². The highest BCUT2D eigenvalue weighted by atomic mass is 16.2. The van der Waals surface area contributed by atoms with Gasteiger partial charge in [0.25, 0.3) is 0 Å². The summed E-state index contributed by atoms with van der Waals surface area (Å²) in [7, 11) is 0. The van der Waals surface area contributed by atoms with E-state index in [1.54, 1.807) is 0 Å². The summed E-state index contributed by atoms with van der Waals surface area (Å²) in [5.41, 5.74) is 0.991. The molecule has 0 radical (unpaired) electrons. The minimum absolute atomic E-state index is 0.267. The van der Waals surface area contributed by atoms with Gasteiger partial charge in [0.2, 0.25) is 5.91 Å². The van der Waals surface area contributed by atoms with Gasteiger partial charge in [-0.2, -0.15) is 0 Å². The minimum atomic E-state index is -0.267. The summed E-state index contributed by atoms with van der Waals surface area (Å²) in [6.45, 7) is 8.57. The Morgan fingerprint density at radius 3 is 2.45 bits per heavy atom. The van der Waals surface area contributed by atoms with Crippen LogP contribution in [-0.4, -0.2) is 34.9 Å². The van der Waals surface area contributed by atoms with Gasteiger partial charge in [0.15, 0.2) is 0 Å². The molecule has 20 heavy (non-hydrogen) atoms. The molecule has 0 spiro atoms. The number of nitrogens with one attached hydrogen (secondary N) is 1. The first-order chi connectivity index (χ1) is 9.47. The topological polar surface area (TPSA) is 45.2 Å². The Bertz CT molecular complexity index is 431. The molecule has 0 aliphatic carbocycles. The predicted molar refractivity (Wildman–Crippen MR) is 80.1 cm³/mol. The molecule has 4 heteroatoms. The molecule has 0 bridgehead atoms. The summed E-state index contributed by atoms with van der Waals surface area (Å²) in [6.07, 6.45) is 5.71. The number of amides is 1. The van der Waals surface area contributed by atoms with Crippen LogP contribution in [0.25, 0.3) is 0 Å². The maximum Gasteiger partial charge on any atom is 0.227 e. The molecule has 0 saturated carbocycles. The minimum Gasteiger partial charge on any atom is -0.342 e. The van der Waals surface area contributed by atoms with Crippen molar-refractivity contribution in [2.75, 3.05) is 13.1 Å². The van der Waals surface area contributed by atoms with Crippen molar-refractivity contribution < 1.29 is 4.79 Å². The highest BCUT2D eigenvalue weighted by molar-refractivity contribution is 5.81. The van der Waals surface area contributed by atoms with E-state index in [4.69, 9.17) is 0 Å². The molecule has 2 rings (SSSR count). The van der Waals surface area contributed by atoms with Crippen molar-refractivity contribution in [2.45, 2.75) is 46.2 Å². The van der Waals surface area contributed by atoms with Crippen LogP contribution >= 0.6 is 0 Å². The number of pyridine rings is 1. The highest BCUT2D eigenvalue weighted by Gasteiger charge is 2.30. The summed E-state index contributed by atoms with van der Waals surface area (Å²) in [6, 6.07) is 4.57. The number of hydrogen-bond acceptors (Lipinski definition) is 3. The number of likely N-dealkylation sites (tertiary alicyclic amines) is 1. The fraction of sp³-hybridized carbons (Fsp3) is 0.625. The normalized spacial score (nSPS) is 17.2. The molecule has 1 aliphatic rings. The lowest BCUT2D eigenvalue weighted by Crippen LogP contribution is -2.48. The molecule has 1 aromatic heterocycles. The van der Waals surface area contributed by atoms with Crippen molar-refractivity contribution in [3.05, 3.63) is 30.1 Å². The van der Waals surface area contributed by atoms with Crippen molar-refractivity contribution in [1.29, 1.82) is 0 Å². The maximum absolute atomic E-state index is 12.2. The lowest BCUT2D eigenvalue weighted by molar-refractivity contribution is -0.140. The SMILES string of the molecule is CC(C)(C)C(=O)N1CCC(NCc2ccncc2)CC1. The summed E-state index contributed by atoms with van der Waals surface area (Å²) < 4.78 is 0. The van der Waals surface area contributed by atoms with Gasteiger partial charge in [0.1, 0.15) is 0 Å². The van der Waals surface area contributed by atoms with Crippen LogP contribution in [0.1, 0.15) is 39.2 Å². The summed E-state index contributed by atoms with van der Waals surface area (Å²) in [5, 5.41) is 3.57. The van der Waals surface area contributed by atoms with Crippen LogP contribution in [0, 0.1) is 5.41 Å². The fourth-order valence-corrected chi connectivity index (χ4v) is 2.52. The zero-order chi connectivity index (χ0) is 14.6. The third kappa shape index (κ3) is 4.04. The summed E-state index contributed by atoms with van der Waals surface area (Å²) >= 11 is 0. The van der Waals surface area contributed by atoms with Gasteiger partial charge in [0.05, 0.1) is 0 Å². The standard InChI is InChI=1S/C16H25N3O/c1-16(2,3)15(20)19-10-6-14(7-11-19)18-12-13-4-8-17-9-5-13/h4-5,8-9,14,18H,6-7,10-12H2,1-3H3. The lowest BCUT2D eigenvalue weighted by atomic mass is 9.93. The number of hydrogen-bond donors (Lipinski definition) is 1. The molecule has 1 aliphatic heterocycles. The van der Waals surface area contributed by atoms with Crippen LogP contribution in [-0.2, 0) is 11.3 Å². The van der Waals surface area contributed by atoms with Gasteiger partial charge < -0.3 is 10.2 Å². The second-order valence-corrected chi connectivity index (χ2v) is 6.55. The smallest absolute Gasteiger partial charge is 0.227 e. The Morgan fingerprint density at radius 1 is 1.30 bits per heavy atom. The third-order valence-corrected chi connectivity index (χ3v) is 3.77. The van der Waals surface area contributed by atoms with E-state index in [0.29, 0.717) is 6.04 Å². The Hall–Kier alpha value is -1.42. The van der Waals surface area contributed by atoms with Crippen LogP contribution in [0.5, 0.6) is 0 Å². The van der Waals surface area contributed by atoms with E-state index in [1.807, 2.05) is 50.2 Å². The van der Waals surface area contributed by atoms with E-state index >= 15 is 0 Å². The van der Waals surface area contributed by atoms with Crippen LogP contribution in [0.2, 0.25) is 0 Å². The average molecular weight is 275 g/mol. The zero-order valence-electron chi connectivity index (χ0n) is 12.7. The molecule has 2 heterocycles. The molecule has 110 valence electrons. The maximum atomic E-state index is 12.2. The number of piperidine rings is 1. The van der Waals surface area contributed by atoms with Crippen LogP contribution in [0.15, 0.2) is 24.5 Å². The summed E-state index contributed by atoms with van der Waals surface area (Å²) in [5.74, 6) is 0.269. The van der Waals surface area contributed by atoms with Gasteiger partial charge in [-0.3, -0.25) is 9.78 Å². The largest absolute Gasteiger partial charge is 0.342 e. The average Bonchev–Trinajstić information content (AvgIpc) is 2.45. The molecular formula is C16H25N3O. The Labute approximate surface area is 121 Å². The molecule has 1 aromatic rings. The second kappa shape index (κ2) is 6.35. The van der Waals surface area contributed by atoms with E-state index < -0.39 is 0 Å². The number of nitrogens with zero attached hydrogens (tertiary/aromatic N) is 2. The van der Waals surface area contributed by atoms with Gasteiger partial charge in [-0.25, -0.2) is 0 Å². The molecule has 1 fully saturated rings. The van der Waals surface area contributed by atoms with Gasteiger partial charge >= 0.3 is 0 Å². The monoisotopic (exact) mass is 275 g/mol. The van der Waals surface area contributed by atoms with Gasteiger partial charge in [-0.05, 0) is 30.5 Å². The first kappa shape index (κ1) is 15.0. The van der Waals surface area contributed by atoms with Crippen molar-refractivity contribution in [3.8, 4) is 0 Å². The van der Waals surface area contributed by atoms with Crippen molar-refractivity contribution >= 4 is 5.91 Å². The number of carbonyl (C=O) groups excluding carboxylic acids is 1. The van der Waals surface area contributed by atoms with Crippen molar-refractivity contribution in [3.63, 3.8) is 0 Å². The van der Waals surface area contributed by atoms with E-state index in [9.17, 15) is 4.79 Å². The molecule has 0 unspecified atom stereocenters. The fourth-order valence-electron chi connectivity index (χ4n) is 2.52. The van der Waals surface area contributed by atoms with Crippen LogP contribution < -0.4 is 5.32 Å². The highest BCUT2D eigenvalue weighted by Crippen LogP contribution is 2.21. The summed E-state index contributed by atoms with van der Waals surface area (Å²) in [4.78, 5) is 18.2. The van der Waals surface area contributed by atoms with E-state index in [1.165, 1.54) is 5.56 Å². The lowest BCUT2D eigenvalue weighted by Gasteiger charge is -2.36. The third-order valence-electron chi connectivity index (χ3n) is 3.77. The van der Waals surface area contributed by atoms with Gasteiger partial charge in [0, 0.05) is 43.5 Å². The molecule has 1 amide bonds. The van der Waals surface area contributed by atoms with Crippen molar-refractivity contribution in [2.24, 2.45) is 5.41 Å². The Morgan fingerprint density at radius 2 is 1.90 bits per heavy atom. The molecule has 0 aromatic carbocycles.